The second kappa shape index (κ2) is 9.67. The quantitative estimate of drug-likeness (QED) is 0.736. The summed E-state index contributed by atoms with van der Waals surface area (Å²) in [5.41, 5.74) is 2.36. The van der Waals surface area contributed by atoms with Crippen molar-refractivity contribution >= 4 is 5.91 Å². The van der Waals surface area contributed by atoms with Gasteiger partial charge in [-0.2, -0.15) is 0 Å². The maximum absolute atomic E-state index is 12.5. The monoisotopic (exact) mass is 331 g/mol. The first-order valence-corrected chi connectivity index (χ1v) is 9.37. The van der Waals surface area contributed by atoms with Gasteiger partial charge in [0.25, 0.3) is 0 Å². The van der Waals surface area contributed by atoms with Crippen molar-refractivity contribution in [1.82, 2.24) is 15.5 Å². The van der Waals surface area contributed by atoms with Gasteiger partial charge in [-0.05, 0) is 31.3 Å². The van der Waals surface area contributed by atoms with Gasteiger partial charge in [0.2, 0.25) is 5.91 Å². The van der Waals surface area contributed by atoms with Crippen LogP contribution in [-0.2, 0) is 4.79 Å². The standard InChI is InChI=1S/C20H33N3O/c1-4-7-18(19(5-2)23-12-10-21-11-13-23)15-22-20(24)17-9-6-8-16(3)14-17/h4-5,7,16-17,21H,1,6,8-15H2,2-3H3,(H,22,24)/b18-7-,19-5+. The first kappa shape index (κ1) is 18.8. The van der Waals surface area contributed by atoms with Gasteiger partial charge in [0.15, 0.2) is 0 Å². The Morgan fingerprint density at radius 2 is 2.08 bits per heavy atom. The van der Waals surface area contributed by atoms with Crippen LogP contribution in [0.2, 0.25) is 0 Å². The van der Waals surface area contributed by atoms with Crippen molar-refractivity contribution in [2.75, 3.05) is 32.7 Å². The molecule has 24 heavy (non-hydrogen) atoms. The van der Waals surface area contributed by atoms with Gasteiger partial charge in [0.05, 0.1) is 0 Å². The topological polar surface area (TPSA) is 44.4 Å². The highest BCUT2D eigenvalue weighted by Gasteiger charge is 2.25. The van der Waals surface area contributed by atoms with Crippen molar-refractivity contribution in [2.24, 2.45) is 11.8 Å². The predicted octanol–water partition coefficient (Wildman–Crippen LogP) is 2.85. The summed E-state index contributed by atoms with van der Waals surface area (Å²) in [4.78, 5) is 14.9. The number of amides is 1. The molecule has 4 heteroatoms. The Balaban J connectivity index is 1.96. The summed E-state index contributed by atoms with van der Waals surface area (Å²) in [6.07, 6.45) is 10.5. The smallest absolute Gasteiger partial charge is 0.223 e. The maximum atomic E-state index is 12.5. The van der Waals surface area contributed by atoms with E-state index in [2.05, 4.69) is 42.0 Å². The number of carbonyl (C=O) groups excluding carboxylic acids is 1. The summed E-state index contributed by atoms with van der Waals surface area (Å²) in [7, 11) is 0. The molecule has 1 aliphatic carbocycles. The number of hydrogen-bond acceptors (Lipinski definition) is 3. The van der Waals surface area contributed by atoms with Gasteiger partial charge in [0, 0.05) is 44.3 Å². The summed E-state index contributed by atoms with van der Waals surface area (Å²) < 4.78 is 0. The minimum atomic E-state index is 0.187. The lowest BCUT2D eigenvalue weighted by Crippen LogP contribution is -2.44. The molecule has 0 aromatic carbocycles. The molecule has 1 heterocycles. The van der Waals surface area contributed by atoms with E-state index in [1.165, 1.54) is 18.5 Å². The van der Waals surface area contributed by atoms with Gasteiger partial charge in [-0.3, -0.25) is 4.79 Å². The molecule has 2 aliphatic rings. The Labute approximate surface area is 147 Å². The molecule has 2 fully saturated rings. The van der Waals surface area contributed by atoms with Crippen molar-refractivity contribution in [3.8, 4) is 0 Å². The molecule has 134 valence electrons. The SMILES string of the molecule is C=C/C=C(CNC(=O)C1CCCC(C)C1)\C(=C/C)N1CCNCC1. The molecule has 1 aliphatic heterocycles. The summed E-state index contributed by atoms with van der Waals surface area (Å²) in [5, 5.41) is 6.56. The zero-order valence-electron chi connectivity index (χ0n) is 15.3. The Bertz CT molecular complexity index is 489. The fraction of sp³-hybridized carbons (Fsp3) is 0.650. The molecule has 4 nitrogen and oxygen atoms in total. The highest BCUT2D eigenvalue weighted by atomic mass is 16.1. The second-order valence-electron chi connectivity index (χ2n) is 7.03. The maximum Gasteiger partial charge on any atom is 0.223 e. The van der Waals surface area contributed by atoms with Crippen molar-refractivity contribution in [3.05, 3.63) is 36.1 Å². The van der Waals surface area contributed by atoms with Crippen LogP contribution in [0, 0.1) is 11.8 Å². The average Bonchev–Trinajstić information content (AvgIpc) is 2.61. The lowest BCUT2D eigenvalue weighted by molar-refractivity contribution is -0.126. The molecular weight excluding hydrogens is 298 g/mol. The van der Waals surface area contributed by atoms with Crippen LogP contribution < -0.4 is 10.6 Å². The van der Waals surface area contributed by atoms with Crippen LogP contribution in [0.5, 0.6) is 0 Å². The normalized spacial score (nSPS) is 26.2. The molecule has 2 atom stereocenters. The molecule has 2 unspecified atom stereocenters. The Morgan fingerprint density at radius 1 is 1.33 bits per heavy atom. The first-order valence-electron chi connectivity index (χ1n) is 9.37. The fourth-order valence-electron chi connectivity index (χ4n) is 3.85. The van der Waals surface area contributed by atoms with E-state index in [1.54, 1.807) is 0 Å². The summed E-state index contributed by atoms with van der Waals surface area (Å²) >= 11 is 0. The van der Waals surface area contributed by atoms with Crippen molar-refractivity contribution < 1.29 is 4.79 Å². The zero-order chi connectivity index (χ0) is 17.4. The molecule has 1 saturated carbocycles. The van der Waals surface area contributed by atoms with E-state index in [-0.39, 0.29) is 11.8 Å². The Morgan fingerprint density at radius 3 is 2.71 bits per heavy atom. The predicted molar refractivity (Wildman–Crippen MR) is 101 cm³/mol. The molecule has 1 saturated heterocycles. The molecule has 1 amide bonds. The lowest BCUT2D eigenvalue weighted by atomic mass is 9.82. The molecule has 0 aromatic heterocycles. The van der Waals surface area contributed by atoms with Gasteiger partial charge in [-0.15, -0.1) is 0 Å². The largest absolute Gasteiger partial charge is 0.369 e. The van der Waals surface area contributed by atoms with E-state index in [0.29, 0.717) is 12.5 Å². The van der Waals surface area contributed by atoms with Gasteiger partial charge < -0.3 is 15.5 Å². The van der Waals surface area contributed by atoms with Gasteiger partial charge in [0.1, 0.15) is 0 Å². The van der Waals surface area contributed by atoms with Crippen LogP contribution >= 0.6 is 0 Å². The number of piperazine rings is 1. The molecule has 2 N–H and O–H groups in total. The zero-order valence-corrected chi connectivity index (χ0v) is 15.3. The van der Waals surface area contributed by atoms with E-state index in [9.17, 15) is 4.79 Å². The summed E-state index contributed by atoms with van der Waals surface area (Å²) in [5.74, 6) is 1.07. The van der Waals surface area contributed by atoms with Crippen LogP contribution in [-0.4, -0.2) is 43.5 Å². The number of allylic oxidation sites excluding steroid dienone is 3. The van der Waals surface area contributed by atoms with Crippen LogP contribution in [0.1, 0.15) is 39.5 Å². The number of nitrogens with zero attached hydrogens (tertiary/aromatic N) is 1. The first-order chi connectivity index (χ1) is 11.7. The van der Waals surface area contributed by atoms with Crippen molar-refractivity contribution in [3.63, 3.8) is 0 Å². The van der Waals surface area contributed by atoms with E-state index < -0.39 is 0 Å². The molecular formula is C20H33N3O. The van der Waals surface area contributed by atoms with Crippen LogP contribution in [0.15, 0.2) is 36.1 Å². The summed E-state index contributed by atoms with van der Waals surface area (Å²) in [6, 6.07) is 0. The fourth-order valence-corrected chi connectivity index (χ4v) is 3.85. The number of nitrogens with one attached hydrogen (secondary N) is 2. The van der Waals surface area contributed by atoms with E-state index in [0.717, 1.165) is 44.6 Å². The minimum Gasteiger partial charge on any atom is -0.369 e. The highest BCUT2D eigenvalue weighted by Crippen LogP contribution is 2.28. The molecule has 0 spiro atoms. The second-order valence-corrected chi connectivity index (χ2v) is 7.03. The van der Waals surface area contributed by atoms with E-state index in [1.807, 2.05) is 12.2 Å². The van der Waals surface area contributed by atoms with E-state index in [4.69, 9.17) is 0 Å². The van der Waals surface area contributed by atoms with Crippen molar-refractivity contribution in [1.29, 1.82) is 0 Å². The number of rotatable bonds is 6. The molecule has 0 bridgehead atoms. The van der Waals surface area contributed by atoms with Crippen LogP contribution in [0.3, 0.4) is 0 Å². The average molecular weight is 332 g/mol. The van der Waals surface area contributed by atoms with Gasteiger partial charge in [-0.1, -0.05) is 44.6 Å². The van der Waals surface area contributed by atoms with Crippen LogP contribution in [0.4, 0.5) is 0 Å². The Kier molecular flexibility index (Phi) is 7.57. The molecule has 0 radical (unpaired) electrons. The highest BCUT2D eigenvalue weighted by molar-refractivity contribution is 5.79. The van der Waals surface area contributed by atoms with E-state index >= 15 is 0 Å². The third kappa shape index (κ3) is 5.23. The number of carbonyl (C=O) groups is 1. The molecule has 2 rings (SSSR count). The summed E-state index contributed by atoms with van der Waals surface area (Å²) in [6.45, 7) is 12.8. The third-order valence-corrected chi connectivity index (χ3v) is 5.14. The van der Waals surface area contributed by atoms with Gasteiger partial charge >= 0.3 is 0 Å². The lowest BCUT2D eigenvalue weighted by Gasteiger charge is -2.33. The van der Waals surface area contributed by atoms with Crippen LogP contribution in [0.25, 0.3) is 0 Å². The van der Waals surface area contributed by atoms with Gasteiger partial charge in [-0.25, -0.2) is 0 Å². The Hall–Kier alpha value is -1.55. The third-order valence-electron chi connectivity index (χ3n) is 5.14. The minimum absolute atomic E-state index is 0.187. The van der Waals surface area contributed by atoms with Crippen molar-refractivity contribution in [2.45, 2.75) is 39.5 Å². The molecule has 0 aromatic rings. The number of hydrogen-bond donors (Lipinski definition) is 2.